The molecule has 2 rings (SSSR count). The Labute approximate surface area is 112 Å². The summed E-state index contributed by atoms with van der Waals surface area (Å²) in [5.74, 6) is -1.36. The fourth-order valence-electron chi connectivity index (χ4n) is 1.40. The van der Waals surface area contributed by atoms with Crippen LogP contribution in [0.4, 0.5) is 5.69 Å². The lowest BCUT2D eigenvalue weighted by Crippen LogP contribution is -2.12. The third-order valence-corrected chi connectivity index (χ3v) is 3.22. The van der Waals surface area contributed by atoms with E-state index in [0.717, 1.165) is 0 Å². The number of carboxylic acids is 1. The van der Waals surface area contributed by atoms with Gasteiger partial charge in [-0.15, -0.1) is 11.3 Å². The number of nitrogens with two attached hydrogens (primary N) is 1. The van der Waals surface area contributed by atoms with E-state index in [1.165, 1.54) is 35.6 Å². The molecule has 0 saturated heterocycles. The monoisotopic (exact) mass is 277 g/mol. The number of aromatic carboxylic acids is 1. The van der Waals surface area contributed by atoms with Gasteiger partial charge in [-0.25, -0.2) is 9.78 Å². The summed E-state index contributed by atoms with van der Waals surface area (Å²) in [7, 11) is 0. The van der Waals surface area contributed by atoms with Gasteiger partial charge in [0.1, 0.15) is 10.7 Å². The molecule has 0 spiro atoms. The van der Waals surface area contributed by atoms with Crippen LogP contribution in [-0.2, 0) is 6.54 Å². The average molecular weight is 277 g/mol. The Morgan fingerprint density at radius 3 is 2.53 bits per heavy atom. The summed E-state index contributed by atoms with van der Waals surface area (Å²) in [6.07, 6.45) is 0. The molecular formula is C12H11N3O3S. The molecule has 0 aliphatic carbocycles. The van der Waals surface area contributed by atoms with Crippen molar-refractivity contribution in [2.75, 3.05) is 5.32 Å². The Morgan fingerprint density at radius 1 is 1.32 bits per heavy atom. The van der Waals surface area contributed by atoms with Crippen LogP contribution in [0.1, 0.15) is 25.9 Å². The molecule has 1 aromatic heterocycles. The number of benzene rings is 1. The number of carbonyl (C=O) groups is 2. The normalized spacial score (nSPS) is 10.2. The number of amides is 1. The molecule has 1 aromatic carbocycles. The molecule has 0 unspecified atom stereocenters. The van der Waals surface area contributed by atoms with E-state index in [9.17, 15) is 9.59 Å². The van der Waals surface area contributed by atoms with Crippen molar-refractivity contribution >= 4 is 28.9 Å². The minimum absolute atomic E-state index is 0.164. The molecule has 6 nitrogen and oxygen atoms in total. The highest BCUT2D eigenvalue weighted by Crippen LogP contribution is 2.13. The fourth-order valence-corrected chi connectivity index (χ4v) is 2.05. The lowest BCUT2D eigenvalue weighted by Gasteiger charge is -2.03. The number of carbonyl (C=O) groups excluding carboxylic acids is 1. The number of carboxylic acid groups (broad SMARTS) is 1. The molecule has 0 aliphatic heterocycles. The fraction of sp³-hybridized carbons (Fsp3) is 0.0833. The van der Waals surface area contributed by atoms with Crippen LogP contribution < -0.4 is 11.1 Å². The molecule has 0 aliphatic rings. The highest BCUT2D eigenvalue weighted by molar-refractivity contribution is 7.09. The smallest absolute Gasteiger partial charge is 0.335 e. The van der Waals surface area contributed by atoms with Gasteiger partial charge in [0.15, 0.2) is 0 Å². The number of nitrogens with one attached hydrogen (secondary N) is 1. The van der Waals surface area contributed by atoms with Crippen LogP contribution in [0.15, 0.2) is 29.6 Å². The van der Waals surface area contributed by atoms with E-state index in [1.54, 1.807) is 5.38 Å². The lowest BCUT2D eigenvalue weighted by atomic mass is 10.2. The van der Waals surface area contributed by atoms with Crippen molar-refractivity contribution in [1.82, 2.24) is 4.98 Å². The Balaban J connectivity index is 2.08. The van der Waals surface area contributed by atoms with E-state index >= 15 is 0 Å². The van der Waals surface area contributed by atoms with E-state index in [0.29, 0.717) is 22.9 Å². The Morgan fingerprint density at radius 2 is 2.00 bits per heavy atom. The third kappa shape index (κ3) is 3.15. The first-order chi connectivity index (χ1) is 9.10. The van der Waals surface area contributed by atoms with Gasteiger partial charge in [-0.05, 0) is 24.3 Å². The zero-order valence-corrected chi connectivity index (χ0v) is 10.6. The highest BCUT2D eigenvalue weighted by Gasteiger charge is 2.10. The predicted molar refractivity (Wildman–Crippen MR) is 71.4 cm³/mol. The number of rotatable bonds is 4. The molecule has 0 radical (unpaired) electrons. The number of aromatic nitrogens is 1. The summed E-state index contributed by atoms with van der Waals surface area (Å²) in [5, 5.41) is 13.7. The maximum Gasteiger partial charge on any atom is 0.335 e. The first-order valence-corrected chi connectivity index (χ1v) is 6.27. The van der Waals surface area contributed by atoms with Gasteiger partial charge in [-0.3, -0.25) is 4.79 Å². The van der Waals surface area contributed by atoms with Crippen molar-refractivity contribution in [3.8, 4) is 0 Å². The van der Waals surface area contributed by atoms with Crippen molar-refractivity contribution in [3.63, 3.8) is 0 Å². The van der Waals surface area contributed by atoms with Crippen LogP contribution in [0, 0.1) is 0 Å². The average Bonchev–Trinajstić information content (AvgIpc) is 2.88. The summed E-state index contributed by atoms with van der Waals surface area (Å²) >= 11 is 1.32. The van der Waals surface area contributed by atoms with Crippen LogP contribution in [-0.4, -0.2) is 22.0 Å². The number of anilines is 1. The van der Waals surface area contributed by atoms with Gasteiger partial charge >= 0.3 is 5.97 Å². The van der Waals surface area contributed by atoms with Crippen LogP contribution in [0.25, 0.3) is 0 Å². The van der Waals surface area contributed by atoms with E-state index in [-0.39, 0.29) is 11.5 Å². The van der Waals surface area contributed by atoms with Crippen molar-refractivity contribution < 1.29 is 14.7 Å². The van der Waals surface area contributed by atoms with Gasteiger partial charge in [0.2, 0.25) is 0 Å². The largest absolute Gasteiger partial charge is 0.478 e. The molecule has 7 heteroatoms. The molecule has 0 atom stereocenters. The summed E-state index contributed by atoms with van der Waals surface area (Å²) in [5.41, 5.74) is 6.40. The van der Waals surface area contributed by atoms with Gasteiger partial charge < -0.3 is 16.2 Å². The van der Waals surface area contributed by atoms with Gasteiger partial charge in [-0.2, -0.15) is 0 Å². The second-order valence-corrected chi connectivity index (χ2v) is 4.61. The van der Waals surface area contributed by atoms with Crippen molar-refractivity contribution in [3.05, 3.63) is 45.9 Å². The van der Waals surface area contributed by atoms with Gasteiger partial charge in [0.05, 0.1) is 5.56 Å². The molecule has 98 valence electrons. The summed E-state index contributed by atoms with van der Waals surface area (Å²) in [4.78, 5) is 26.6. The molecule has 19 heavy (non-hydrogen) atoms. The first-order valence-electron chi connectivity index (χ1n) is 5.39. The number of thiazole rings is 1. The second-order valence-electron chi connectivity index (χ2n) is 3.67. The van der Waals surface area contributed by atoms with E-state index < -0.39 is 5.97 Å². The number of hydrogen-bond acceptors (Lipinski definition) is 5. The number of hydrogen-bond donors (Lipinski definition) is 3. The maximum absolute atomic E-state index is 11.8. The molecule has 0 fully saturated rings. The topological polar surface area (TPSA) is 105 Å². The molecule has 0 bridgehead atoms. The molecule has 0 saturated carbocycles. The molecular weight excluding hydrogens is 266 g/mol. The maximum atomic E-state index is 11.8. The van der Waals surface area contributed by atoms with Crippen molar-refractivity contribution in [2.24, 2.45) is 5.73 Å². The van der Waals surface area contributed by atoms with Gasteiger partial charge in [0, 0.05) is 17.6 Å². The Hall–Kier alpha value is -2.25. The lowest BCUT2D eigenvalue weighted by molar-refractivity contribution is 0.0696. The minimum atomic E-state index is -1.01. The van der Waals surface area contributed by atoms with Crippen LogP contribution >= 0.6 is 11.3 Å². The summed E-state index contributed by atoms with van der Waals surface area (Å²) in [6.45, 7) is 0.297. The zero-order valence-electron chi connectivity index (χ0n) is 9.79. The summed E-state index contributed by atoms with van der Waals surface area (Å²) in [6, 6.07) is 5.89. The van der Waals surface area contributed by atoms with Crippen LogP contribution in [0.2, 0.25) is 0 Å². The molecule has 2 aromatic rings. The number of nitrogens with zero attached hydrogens (tertiary/aromatic N) is 1. The quantitative estimate of drug-likeness (QED) is 0.786. The standard InChI is InChI=1S/C12H11N3O3S/c13-5-10-15-9(6-19-10)11(16)14-8-3-1-7(2-4-8)12(17)18/h1-4,6H,5,13H2,(H,14,16)(H,17,18). The molecule has 1 amide bonds. The Bertz CT molecular complexity index is 607. The van der Waals surface area contributed by atoms with Crippen molar-refractivity contribution in [1.29, 1.82) is 0 Å². The van der Waals surface area contributed by atoms with E-state index in [2.05, 4.69) is 10.3 Å². The predicted octanol–water partition coefficient (Wildman–Crippen LogP) is 1.55. The second kappa shape index (κ2) is 5.59. The SMILES string of the molecule is NCc1nc(C(=O)Nc2ccc(C(=O)O)cc2)cs1. The van der Waals surface area contributed by atoms with Gasteiger partial charge in [-0.1, -0.05) is 0 Å². The van der Waals surface area contributed by atoms with Gasteiger partial charge in [0.25, 0.3) is 5.91 Å². The zero-order chi connectivity index (χ0) is 13.8. The summed E-state index contributed by atoms with van der Waals surface area (Å²) < 4.78 is 0. The first kappa shape index (κ1) is 13.2. The van der Waals surface area contributed by atoms with E-state index in [4.69, 9.17) is 10.8 Å². The molecule has 1 heterocycles. The Kier molecular flexibility index (Phi) is 3.88. The van der Waals surface area contributed by atoms with E-state index in [1.807, 2.05) is 0 Å². The van der Waals surface area contributed by atoms with Crippen LogP contribution in [0.3, 0.4) is 0 Å². The highest BCUT2D eigenvalue weighted by atomic mass is 32.1. The minimum Gasteiger partial charge on any atom is -0.478 e. The van der Waals surface area contributed by atoms with Crippen molar-refractivity contribution in [2.45, 2.75) is 6.54 Å². The van der Waals surface area contributed by atoms with Crippen LogP contribution in [0.5, 0.6) is 0 Å². The molecule has 4 N–H and O–H groups in total. The third-order valence-electron chi connectivity index (χ3n) is 2.35.